The summed E-state index contributed by atoms with van der Waals surface area (Å²) in [6, 6.07) is 13.1. The maximum atomic E-state index is 5.89. The molecule has 0 saturated carbocycles. The van der Waals surface area contributed by atoms with Crippen LogP contribution in [0.15, 0.2) is 54.9 Å². The standard InChI is InChI=1S/C27H36N4O2/c1-2-3-4-5-6-7-9-21-19-30-27(31-20-21)22-10-13-24(14-11-22)32-16-8-17-33-26-15-12-23(28)18-25(26)29/h10-15,18-20H,2-9,16-17,28-29H2,1H3. The Morgan fingerprint density at radius 3 is 2.18 bits per heavy atom. The Labute approximate surface area is 197 Å². The molecule has 0 fully saturated rings. The molecule has 0 aliphatic heterocycles. The molecule has 0 saturated heterocycles. The molecule has 1 heterocycles. The van der Waals surface area contributed by atoms with Gasteiger partial charge in [-0.1, -0.05) is 39.0 Å². The van der Waals surface area contributed by atoms with Gasteiger partial charge in [0.2, 0.25) is 0 Å². The first-order valence-corrected chi connectivity index (χ1v) is 12.0. The molecule has 0 bridgehead atoms. The highest BCUT2D eigenvalue weighted by Gasteiger charge is 2.04. The van der Waals surface area contributed by atoms with Crippen LogP contribution in [-0.2, 0) is 6.42 Å². The summed E-state index contributed by atoms with van der Waals surface area (Å²) in [4.78, 5) is 9.10. The van der Waals surface area contributed by atoms with Crippen molar-refractivity contribution in [1.29, 1.82) is 0 Å². The maximum Gasteiger partial charge on any atom is 0.159 e. The Bertz CT molecular complexity index is 959. The number of ether oxygens (including phenoxy) is 2. The first-order chi connectivity index (χ1) is 16.2. The van der Waals surface area contributed by atoms with Crippen LogP contribution in [0.1, 0.15) is 57.4 Å². The summed E-state index contributed by atoms with van der Waals surface area (Å²) in [7, 11) is 0. The SMILES string of the molecule is CCCCCCCCc1cnc(-c2ccc(OCCCOc3ccc(N)cc3N)cc2)nc1. The van der Waals surface area contributed by atoms with E-state index in [2.05, 4.69) is 16.9 Å². The van der Waals surface area contributed by atoms with Crippen LogP contribution in [0.4, 0.5) is 11.4 Å². The van der Waals surface area contributed by atoms with Crippen LogP contribution in [0.3, 0.4) is 0 Å². The Balaban J connectivity index is 1.37. The van der Waals surface area contributed by atoms with E-state index in [0.717, 1.165) is 30.0 Å². The lowest BCUT2D eigenvalue weighted by Gasteiger charge is -2.10. The van der Waals surface area contributed by atoms with Crippen LogP contribution in [0.25, 0.3) is 11.4 Å². The molecule has 0 radical (unpaired) electrons. The zero-order chi connectivity index (χ0) is 23.3. The number of nitrogens with zero attached hydrogens (tertiary/aromatic N) is 2. The molecule has 0 aliphatic carbocycles. The number of nitrogens with two attached hydrogens (primary N) is 2. The van der Waals surface area contributed by atoms with E-state index in [-0.39, 0.29) is 0 Å². The molecule has 3 aromatic rings. The highest BCUT2D eigenvalue weighted by molar-refractivity contribution is 5.60. The van der Waals surface area contributed by atoms with Gasteiger partial charge in [-0.25, -0.2) is 9.97 Å². The highest BCUT2D eigenvalue weighted by Crippen LogP contribution is 2.24. The molecule has 4 N–H and O–H groups in total. The minimum absolute atomic E-state index is 0.519. The smallest absolute Gasteiger partial charge is 0.159 e. The number of unbranched alkanes of at least 4 members (excludes halogenated alkanes) is 5. The van der Waals surface area contributed by atoms with Crippen LogP contribution < -0.4 is 20.9 Å². The van der Waals surface area contributed by atoms with E-state index in [1.165, 1.54) is 44.1 Å². The van der Waals surface area contributed by atoms with Crippen molar-refractivity contribution in [2.24, 2.45) is 0 Å². The largest absolute Gasteiger partial charge is 0.493 e. The number of rotatable bonds is 14. The lowest BCUT2D eigenvalue weighted by atomic mass is 10.1. The average Bonchev–Trinajstić information content (AvgIpc) is 2.83. The molecule has 0 aliphatic rings. The molecule has 0 unspecified atom stereocenters. The number of anilines is 2. The van der Waals surface area contributed by atoms with Crippen molar-refractivity contribution < 1.29 is 9.47 Å². The van der Waals surface area contributed by atoms with Gasteiger partial charge in [0.25, 0.3) is 0 Å². The van der Waals surface area contributed by atoms with Gasteiger partial charge >= 0.3 is 0 Å². The normalized spacial score (nSPS) is 10.8. The van der Waals surface area contributed by atoms with Gasteiger partial charge in [-0.05, 0) is 60.9 Å². The first kappa shape index (κ1) is 24.4. The zero-order valence-corrected chi connectivity index (χ0v) is 19.6. The number of aryl methyl sites for hydroxylation is 1. The maximum absolute atomic E-state index is 5.89. The van der Waals surface area contributed by atoms with Crippen LogP contribution in [0.5, 0.6) is 11.5 Å². The molecule has 6 nitrogen and oxygen atoms in total. The van der Waals surface area contributed by atoms with Gasteiger partial charge < -0.3 is 20.9 Å². The molecule has 0 atom stereocenters. The molecule has 1 aromatic heterocycles. The van der Waals surface area contributed by atoms with E-state index in [9.17, 15) is 0 Å². The molecule has 6 heteroatoms. The van der Waals surface area contributed by atoms with Gasteiger partial charge in [0.15, 0.2) is 5.82 Å². The number of benzene rings is 2. The molecule has 2 aromatic carbocycles. The molecule has 3 rings (SSSR count). The summed E-state index contributed by atoms with van der Waals surface area (Å²) in [5.41, 5.74) is 14.9. The summed E-state index contributed by atoms with van der Waals surface area (Å²) in [6.07, 6.45) is 13.5. The molecular weight excluding hydrogens is 412 g/mol. The Hall–Kier alpha value is -3.28. The second-order valence-electron chi connectivity index (χ2n) is 8.30. The first-order valence-electron chi connectivity index (χ1n) is 12.0. The van der Waals surface area contributed by atoms with Crippen LogP contribution in [-0.4, -0.2) is 23.2 Å². The van der Waals surface area contributed by atoms with Gasteiger partial charge in [0.1, 0.15) is 11.5 Å². The van der Waals surface area contributed by atoms with E-state index >= 15 is 0 Å². The molecule has 176 valence electrons. The predicted octanol–water partition coefficient (Wildman–Crippen LogP) is 6.06. The van der Waals surface area contributed by atoms with Crippen LogP contribution in [0.2, 0.25) is 0 Å². The number of nitrogen functional groups attached to an aromatic ring is 2. The highest BCUT2D eigenvalue weighted by atomic mass is 16.5. The quantitative estimate of drug-likeness (QED) is 0.230. The van der Waals surface area contributed by atoms with E-state index in [1.807, 2.05) is 36.7 Å². The van der Waals surface area contributed by atoms with Crippen molar-refractivity contribution in [3.8, 4) is 22.9 Å². The Kier molecular flexibility index (Phi) is 9.83. The van der Waals surface area contributed by atoms with Crippen LogP contribution in [0, 0.1) is 0 Å². The second-order valence-corrected chi connectivity index (χ2v) is 8.30. The Morgan fingerprint density at radius 2 is 1.45 bits per heavy atom. The Morgan fingerprint density at radius 1 is 0.758 bits per heavy atom. The van der Waals surface area contributed by atoms with Crippen molar-refractivity contribution in [2.75, 3.05) is 24.7 Å². The van der Waals surface area contributed by atoms with Crippen molar-refractivity contribution in [3.05, 3.63) is 60.4 Å². The lowest BCUT2D eigenvalue weighted by Crippen LogP contribution is -2.06. The number of hydrogen-bond donors (Lipinski definition) is 2. The monoisotopic (exact) mass is 448 g/mol. The zero-order valence-electron chi connectivity index (χ0n) is 19.6. The van der Waals surface area contributed by atoms with E-state index in [4.69, 9.17) is 20.9 Å². The average molecular weight is 449 g/mol. The predicted molar refractivity (Wildman–Crippen MR) is 135 cm³/mol. The van der Waals surface area contributed by atoms with Gasteiger partial charge in [0.05, 0.1) is 18.9 Å². The molecule has 33 heavy (non-hydrogen) atoms. The van der Waals surface area contributed by atoms with E-state index in [0.29, 0.717) is 30.3 Å². The third-order valence-electron chi connectivity index (χ3n) is 5.49. The fraction of sp³-hybridized carbons (Fsp3) is 0.407. The fourth-order valence-corrected chi connectivity index (χ4v) is 3.57. The van der Waals surface area contributed by atoms with Crippen LogP contribution >= 0.6 is 0 Å². The topological polar surface area (TPSA) is 96.3 Å². The van der Waals surface area contributed by atoms with Gasteiger partial charge in [-0.3, -0.25) is 0 Å². The third kappa shape index (κ3) is 8.29. The number of aromatic nitrogens is 2. The molecule has 0 amide bonds. The van der Waals surface area contributed by atoms with E-state index in [1.54, 1.807) is 18.2 Å². The minimum Gasteiger partial charge on any atom is -0.493 e. The molecule has 0 spiro atoms. The molecular formula is C27H36N4O2. The summed E-state index contributed by atoms with van der Waals surface area (Å²) >= 11 is 0. The van der Waals surface area contributed by atoms with Crippen molar-refractivity contribution in [3.63, 3.8) is 0 Å². The second kappa shape index (κ2) is 13.3. The summed E-state index contributed by atoms with van der Waals surface area (Å²) in [5.74, 6) is 2.19. The number of hydrogen-bond acceptors (Lipinski definition) is 6. The van der Waals surface area contributed by atoms with E-state index < -0.39 is 0 Å². The summed E-state index contributed by atoms with van der Waals surface area (Å²) in [5, 5.41) is 0. The van der Waals surface area contributed by atoms with Gasteiger partial charge in [-0.15, -0.1) is 0 Å². The van der Waals surface area contributed by atoms with Gasteiger partial charge in [-0.2, -0.15) is 0 Å². The minimum atomic E-state index is 0.519. The van der Waals surface area contributed by atoms with Crippen molar-refractivity contribution >= 4 is 11.4 Å². The summed E-state index contributed by atoms with van der Waals surface area (Å²) in [6.45, 7) is 3.32. The fourth-order valence-electron chi connectivity index (χ4n) is 3.57. The third-order valence-corrected chi connectivity index (χ3v) is 5.49. The lowest BCUT2D eigenvalue weighted by molar-refractivity contribution is 0.248. The van der Waals surface area contributed by atoms with Gasteiger partial charge in [0, 0.05) is 30.1 Å². The van der Waals surface area contributed by atoms with Crippen molar-refractivity contribution in [1.82, 2.24) is 9.97 Å². The van der Waals surface area contributed by atoms with Crippen molar-refractivity contribution in [2.45, 2.75) is 58.3 Å². The summed E-state index contributed by atoms with van der Waals surface area (Å²) < 4.78 is 11.5.